The van der Waals surface area contributed by atoms with Gasteiger partial charge in [0.05, 0.1) is 30.1 Å². The average Bonchev–Trinajstić information content (AvgIpc) is 1.61. The quantitative estimate of drug-likeness (QED) is 0.0218. The maximum absolute atomic E-state index is 14.6. The molecule has 4 rings (SSSR count). The largest absolute Gasteiger partial charge is 0.508 e. The number of guanidine groups is 1. The average molecular weight is 1340 g/mol. The summed E-state index contributed by atoms with van der Waals surface area (Å²) in [4.78, 5) is 182. The minimum atomic E-state index is -1.41. The number of nitrogens with two attached hydrogens (primary N) is 3. The van der Waals surface area contributed by atoms with Crippen LogP contribution in [-0.2, 0) is 81.6 Å². The van der Waals surface area contributed by atoms with Crippen molar-refractivity contribution in [1.29, 1.82) is 0 Å². The summed E-state index contributed by atoms with van der Waals surface area (Å²) in [6.07, 6.45) is -0.938. The molecule has 524 valence electrons. The number of carbonyl (C=O) groups excluding carboxylic acids is 11. The summed E-state index contributed by atoms with van der Waals surface area (Å²) in [7, 11) is 0. The maximum atomic E-state index is 14.6. The highest BCUT2D eigenvalue weighted by atomic mass is 16.4. The van der Waals surface area contributed by atoms with Crippen molar-refractivity contribution in [2.45, 2.75) is 199 Å². The SMILES string of the molecule is CCC(C)[C@H](CC(=O)[C@H](Cc1ccccc1)NC(=O)[C@H](C)CC(=O)[C@H](Cc1ccc(O)cc1)NC(=O)CCC(=O)[C@H](CCCN=C(N)N)NC(=O)[C@@H]1CCCN1C(=O)[C@H](CCCCN)NC(=O)CCC(C)=O)C(=O)N[C@@H](CCC(=O)O)C(=O)C[C@@H](Cc1ccc(C)cc1)C(=O)O. The molecule has 26 heteroatoms. The molecule has 26 nitrogen and oxygen atoms in total. The van der Waals surface area contributed by atoms with E-state index in [4.69, 9.17) is 17.2 Å². The van der Waals surface area contributed by atoms with Gasteiger partial charge < -0.3 is 68.8 Å². The Morgan fingerprint density at radius 2 is 1.15 bits per heavy atom. The lowest BCUT2D eigenvalue weighted by molar-refractivity contribution is -0.144. The molecular formula is C70H98N10O16. The van der Waals surface area contributed by atoms with E-state index in [0.717, 1.165) is 5.56 Å². The first-order valence-corrected chi connectivity index (χ1v) is 33.1. The number of aliphatic imine (C=N–C) groups is 1. The van der Waals surface area contributed by atoms with Crippen molar-refractivity contribution in [1.82, 2.24) is 31.5 Å². The van der Waals surface area contributed by atoms with E-state index in [-0.39, 0.29) is 94.8 Å². The Morgan fingerprint density at radius 1 is 0.594 bits per heavy atom. The minimum absolute atomic E-state index is 0.00479. The molecule has 1 unspecified atom stereocenters. The molecule has 0 spiro atoms. The van der Waals surface area contributed by atoms with Crippen LogP contribution in [0.5, 0.6) is 5.75 Å². The predicted molar refractivity (Wildman–Crippen MR) is 357 cm³/mol. The molecule has 0 saturated carbocycles. The van der Waals surface area contributed by atoms with Gasteiger partial charge in [-0.3, -0.25) is 62.5 Å². The van der Waals surface area contributed by atoms with Crippen LogP contribution in [0.2, 0.25) is 0 Å². The Morgan fingerprint density at radius 3 is 1.75 bits per heavy atom. The van der Waals surface area contributed by atoms with Crippen molar-refractivity contribution < 1.29 is 77.6 Å². The Balaban J connectivity index is 1.52. The Bertz CT molecular complexity index is 3170. The van der Waals surface area contributed by atoms with Crippen LogP contribution < -0.4 is 43.8 Å². The molecule has 6 amide bonds. The fraction of sp³-hybridized carbons (Fsp3) is 0.543. The lowest BCUT2D eigenvalue weighted by Crippen LogP contribution is -2.55. The fourth-order valence-corrected chi connectivity index (χ4v) is 11.3. The number of carboxylic acids is 2. The van der Waals surface area contributed by atoms with Gasteiger partial charge in [-0.05, 0) is 126 Å². The topological polar surface area (TPSA) is 436 Å². The lowest BCUT2D eigenvalue weighted by Gasteiger charge is -2.30. The molecule has 1 fully saturated rings. The number of likely N-dealkylation sites (tertiary alicyclic amines) is 1. The number of ketones is 5. The second kappa shape index (κ2) is 40.9. The number of aliphatic carboxylic acids is 2. The second-order valence-electron chi connectivity index (χ2n) is 25.1. The maximum Gasteiger partial charge on any atom is 0.307 e. The van der Waals surface area contributed by atoms with Crippen molar-refractivity contribution in [3.05, 3.63) is 101 Å². The van der Waals surface area contributed by atoms with Crippen LogP contribution in [0.1, 0.15) is 159 Å². The molecule has 10 atom stereocenters. The van der Waals surface area contributed by atoms with Crippen LogP contribution in [0.25, 0.3) is 0 Å². The highest BCUT2D eigenvalue weighted by Crippen LogP contribution is 2.25. The highest BCUT2D eigenvalue weighted by molar-refractivity contribution is 5.99. The number of amides is 6. The Kier molecular flexibility index (Phi) is 33.8. The molecule has 1 aliphatic heterocycles. The number of phenolic OH excluding ortho intramolecular Hbond substituents is 1. The Labute approximate surface area is 560 Å². The molecule has 0 bridgehead atoms. The molecule has 3 aromatic carbocycles. The first kappa shape index (κ1) is 79.2. The number of hydrogen-bond acceptors (Lipinski definition) is 16. The fourth-order valence-electron chi connectivity index (χ4n) is 11.3. The zero-order chi connectivity index (χ0) is 71.0. The zero-order valence-electron chi connectivity index (χ0n) is 55.8. The molecule has 1 saturated heterocycles. The number of rotatable bonds is 45. The van der Waals surface area contributed by atoms with Gasteiger partial charge in [-0.1, -0.05) is 99.5 Å². The summed E-state index contributed by atoms with van der Waals surface area (Å²) < 4.78 is 0. The van der Waals surface area contributed by atoms with Gasteiger partial charge >= 0.3 is 11.9 Å². The summed E-state index contributed by atoms with van der Waals surface area (Å²) in [6.45, 7) is 8.80. The smallest absolute Gasteiger partial charge is 0.307 e. The third kappa shape index (κ3) is 28.0. The molecule has 0 aromatic heterocycles. The van der Waals surface area contributed by atoms with E-state index in [0.29, 0.717) is 48.9 Å². The van der Waals surface area contributed by atoms with Crippen molar-refractivity contribution in [2.75, 3.05) is 19.6 Å². The number of unbranched alkanes of at least 4 members (excludes halogenated alkanes) is 1. The number of phenols is 1. The third-order valence-electron chi connectivity index (χ3n) is 17.3. The van der Waals surface area contributed by atoms with Gasteiger partial charge in [0.15, 0.2) is 29.1 Å². The molecule has 0 aliphatic carbocycles. The van der Waals surface area contributed by atoms with E-state index in [2.05, 4.69) is 31.6 Å². The molecule has 1 aliphatic rings. The summed E-state index contributed by atoms with van der Waals surface area (Å²) in [5.74, 6) is -13.2. The van der Waals surface area contributed by atoms with Crippen LogP contribution in [0.3, 0.4) is 0 Å². The normalized spacial score (nSPS) is 15.5. The number of carboxylic acid groups (broad SMARTS) is 2. The minimum Gasteiger partial charge on any atom is -0.508 e. The summed E-state index contributed by atoms with van der Waals surface area (Å²) >= 11 is 0. The molecule has 96 heavy (non-hydrogen) atoms. The zero-order valence-corrected chi connectivity index (χ0v) is 55.8. The highest BCUT2D eigenvalue weighted by Gasteiger charge is 2.40. The van der Waals surface area contributed by atoms with E-state index in [1.54, 1.807) is 68.4 Å². The van der Waals surface area contributed by atoms with Crippen LogP contribution >= 0.6 is 0 Å². The molecule has 3 aromatic rings. The van der Waals surface area contributed by atoms with Crippen LogP contribution in [0.4, 0.5) is 0 Å². The predicted octanol–water partition coefficient (Wildman–Crippen LogP) is 3.79. The van der Waals surface area contributed by atoms with Gasteiger partial charge in [0, 0.05) is 76.3 Å². The van der Waals surface area contributed by atoms with Crippen molar-refractivity contribution in [3.8, 4) is 5.75 Å². The summed E-state index contributed by atoms with van der Waals surface area (Å²) in [5.41, 5.74) is 19.5. The van der Waals surface area contributed by atoms with Gasteiger partial charge in [0.1, 0.15) is 23.6 Å². The first-order valence-electron chi connectivity index (χ1n) is 33.1. The standard InChI is InChI=1S/C70H98N10O16/c1-6-43(3)51(66(92)77-53(28-32-64(89)90)60(85)40-49(69(95)96)37-47-22-19-42(2)20-23-47)41-61(86)56(38-46-14-8-7-9-15-46)79-65(91)44(4)36-59(84)55(39-48-24-26-50(82)27-25-48)76-63(88)31-29-58(83)52(17-12-34-74-70(72)73)78-67(93)57-18-13-35-80(57)68(94)54(16-10-11-33-71)75-62(87)30-21-45(5)81/h7-9,14-15,19-20,22-27,43-44,49,51-57,82H,6,10-13,16-18,21,28-41,71H2,1-5H3,(H,75,87)(H,76,88)(H,77,92)(H,78,93)(H,79,91)(H,89,90)(H,95,96)(H4,72,73,74)/t43?,44-,49-,51+,52+,53+,54+,55+,56+,57+/m1/s1. The van der Waals surface area contributed by atoms with E-state index in [9.17, 15) is 77.6 Å². The van der Waals surface area contributed by atoms with Crippen LogP contribution in [0.15, 0.2) is 83.9 Å². The van der Waals surface area contributed by atoms with E-state index in [1.165, 1.54) is 43.0 Å². The van der Waals surface area contributed by atoms with Gasteiger partial charge in [-0.15, -0.1) is 0 Å². The summed E-state index contributed by atoms with van der Waals surface area (Å²) in [5, 5.41) is 43.4. The van der Waals surface area contributed by atoms with E-state index >= 15 is 0 Å². The number of aromatic hydroxyl groups is 1. The molecule has 1 heterocycles. The molecule has 0 radical (unpaired) electrons. The van der Waals surface area contributed by atoms with Crippen molar-refractivity contribution in [3.63, 3.8) is 0 Å². The van der Waals surface area contributed by atoms with Crippen molar-refractivity contribution >= 4 is 82.3 Å². The van der Waals surface area contributed by atoms with Gasteiger partial charge in [-0.25, -0.2) is 0 Å². The van der Waals surface area contributed by atoms with Gasteiger partial charge in [0.2, 0.25) is 35.4 Å². The molecular weight excluding hydrogens is 1240 g/mol. The summed E-state index contributed by atoms with van der Waals surface area (Å²) in [6, 6.07) is 14.5. The lowest BCUT2D eigenvalue weighted by atomic mass is 9.83. The van der Waals surface area contributed by atoms with Crippen LogP contribution in [-0.4, -0.2) is 158 Å². The van der Waals surface area contributed by atoms with E-state index < -0.39 is 169 Å². The molecule has 14 N–H and O–H groups in total. The number of Topliss-reactive ketones (excluding diaryl/α,β-unsaturated/α-hetero) is 5. The van der Waals surface area contributed by atoms with Gasteiger partial charge in [-0.2, -0.15) is 0 Å². The Hall–Kier alpha value is -9.20. The number of nitrogens with zero attached hydrogens (tertiary/aromatic N) is 2. The first-order chi connectivity index (χ1) is 45.6. The van der Waals surface area contributed by atoms with Gasteiger partial charge in [0.25, 0.3) is 0 Å². The van der Waals surface area contributed by atoms with E-state index in [1.807, 2.05) is 6.92 Å². The number of nitrogens with one attached hydrogen (secondary N) is 5. The second-order valence-corrected chi connectivity index (χ2v) is 25.1. The van der Waals surface area contributed by atoms with Crippen LogP contribution in [0, 0.1) is 30.6 Å². The monoisotopic (exact) mass is 1330 g/mol. The number of benzene rings is 3. The number of aryl methyl sites for hydroxylation is 1. The number of carbonyl (C=O) groups is 13. The third-order valence-corrected chi connectivity index (χ3v) is 17.3. The van der Waals surface area contributed by atoms with Crippen molar-refractivity contribution in [2.24, 2.45) is 45.9 Å². The number of hydrogen-bond donors (Lipinski definition) is 11.